The Balaban J connectivity index is 1.85. The van der Waals surface area contributed by atoms with E-state index in [1.54, 1.807) is 30.2 Å². The third-order valence-electron chi connectivity index (χ3n) is 3.14. The van der Waals surface area contributed by atoms with Crippen molar-refractivity contribution < 1.29 is 4.79 Å². The van der Waals surface area contributed by atoms with Gasteiger partial charge in [0.2, 0.25) is 0 Å². The molecule has 0 unspecified atom stereocenters. The highest BCUT2D eigenvalue weighted by atomic mass is 32.1. The zero-order valence-corrected chi connectivity index (χ0v) is 12.6. The molecule has 0 fully saturated rings. The van der Waals surface area contributed by atoms with E-state index < -0.39 is 5.92 Å². The third-order valence-corrected chi connectivity index (χ3v) is 4.24. The van der Waals surface area contributed by atoms with Crippen molar-refractivity contribution >= 4 is 33.4 Å². The molecule has 0 aliphatic heterocycles. The second-order valence-corrected chi connectivity index (χ2v) is 5.83. The summed E-state index contributed by atoms with van der Waals surface area (Å²) in [5, 5.41) is 13.9. The molecule has 1 atom stereocenters. The van der Waals surface area contributed by atoms with E-state index >= 15 is 0 Å². The smallest absolute Gasteiger partial charge is 0.179 e. The molecule has 3 rings (SSSR count). The Bertz CT molecular complexity index is 867. The van der Waals surface area contributed by atoms with Crippen LogP contribution in [0.1, 0.15) is 16.5 Å². The number of nitrogens with zero attached hydrogens (tertiary/aromatic N) is 4. The molecular formula is C16H12N4OS. The molecule has 108 valence electrons. The summed E-state index contributed by atoms with van der Waals surface area (Å²) in [6, 6.07) is 9.65. The lowest BCUT2D eigenvalue weighted by molar-refractivity contribution is -0.114. The number of carbonyl (C=O) groups is 1. The number of carbonyl (C=O) groups excluding carboxylic acids is 1. The third kappa shape index (κ3) is 2.80. The van der Waals surface area contributed by atoms with Crippen molar-refractivity contribution in [2.45, 2.75) is 5.92 Å². The molecule has 0 radical (unpaired) electrons. The molecular weight excluding hydrogens is 296 g/mol. The van der Waals surface area contributed by atoms with Crippen LogP contribution < -0.4 is 0 Å². The molecule has 0 bridgehead atoms. The van der Waals surface area contributed by atoms with E-state index in [1.807, 2.05) is 30.3 Å². The SMILES string of the molecule is Cn1cc(/C=C\C(=O)[C@@H](C#N)c2nc3ccccc3s2)cn1. The minimum atomic E-state index is -0.870. The first-order valence-corrected chi connectivity index (χ1v) is 7.44. The number of benzene rings is 1. The number of para-hydroxylation sites is 1. The number of thiazole rings is 1. The Hall–Kier alpha value is -2.78. The summed E-state index contributed by atoms with van der Waals surface area (Å²) >= 11 is 1.38. The molecule has 22 heavy (non-hydrogen) atoms. The molecule has 5 nitrogen and oxygen atoms in total. The average molecular weight is 308 g/mol. The van der Waals surface area contributed by atoms with Crippen LogP contribution in [0.5, 0.6) is 0 Å². The summed E-state index contributed by atoms with van der Waals surface area (Å²) in [6.07, 6.45) is 6.52. The molecule has 6 heteroatoms. The highest BCUT2D eigenvalue weighted by Gasteiger charge is 2.21. The van der Waals surface area contributed by atoms with Gasteiger partial charge in [0.25, 0.3) is 0 Å². The van der Waals surface area contributed by atoms with Gasteiger partial charge in [-0.2, -0.15) is 10.4 Å². The molecule has 0 saturated carbocycles. The number of rotatable bonds is 4. The highest BCUT2D eigenvalue weighted by molar-refractivity contribution is 7.18. The van der Waals surface area contributed by atoms with Gasteiger partial charge in [0.15, 0.2) is 11.7 Å². The molecule has 1 aromatic carbocycles. The average Bonchev–Trinajstić information content (AvgIpc) is 3.11. The van der Waals surface area contributed by atoms with Crippen molar-refractivity contribution in [1.82, 2.24) is 14.8 Å². The van der Waals surface area contributed by atoms with Crippen LogP contribution in [0.4, 0.5) is 0 Å². The molecule has 2 aromatic heterocycles. The van der Waals surface area contributed by atoms with Crippen LogP contribution in [-0.2, 0) is 11.8 Å². The molecule has 0 amide bonds. The number of hydrogen-bond donors (Lipinski definition) is 0. The molecule has 2 heterocycles. The Morgan fingerprint density at radius 2 is 2.27 bits per heavy atom. The van der Waals surface area contributed by atoms with Crippen molar-refractivity contribution in [2.24, 2.45) is 7.05 Å². The fourth-order valence-corrected chi connectivity index (χ4v) is 3.08. The zero-order chi connectivity index (χ0) is 15.5. The van der Waals surface area contributed by atoms with Crippen LogP contribution in [-0.4, -0.2) is 20.5 Å². The summed E-state index contributed by atoms with van der Waals surface area (Å²) in [7, 11) is 1.80. The molecule has 0 aliphatic carbocycles. The van der Waals surface area contributed by atoms with Crippen LogP contribution >= 0.6 is 11.3 Å². The van der Waals surface area contributed by atoms with E-state index in [0.29, 0.717) is 5.01 Å². The van der Waals surface area contributed by atoms with Gasteiger partial charge in [-0.25, -0.2) is 4.98 Å². The van der Waals surface area contributed by atoms with Crippen molar-refractivity contribution in [3.05, 3.63) is 53.3 Å². The molecule has 0 spiro atoms. The van der Waals surface area contributed by atoms with Crippen LogP contribution in [0.2, 0.25) is 0 Å². The zero-order valence-electron chi connectivity index (χ0n) is 11.8. The van der Waals surface area contributed by atoms with E-state index in [1.165, 1.54) is 17.4 Å². The molecule has 3 aromatic rings. The number of ketones is 1. The predicted molar refractivity (Wildman–Crippen MR) is 85.2 cm³/mol. The number of nitriles is 1. The van der Waals surface area contributed by atoms with E-state index in [-0.39, 0.29) is 5.78 Å². The maximum atomic E-state index is 12.3. The van der Waals surface area contributed by atoms with Crippen LogP contribution in [0.3, 0.4) is 0 Å². The highest BCUT2D eigenvalue weighted by Crippen LogP contribution is 2.28. The summed E-state index contributed by atoms with van der Waals surface area (Å²) in [6.45, 7) is 0. The van der Waals surface area contributed by atoms with E-state index in [4.69, 9.17) is 0 Å². The lowest BCUT2D eigenvalue weighted by atomic mass is 10.1. The first-order valence-electron chi connectivity index (χ1n) is 6.63. The topological polar surface area (TPSA) is 71.6 Å². The maximum absolute atomic E-state index is 12.3. The molecule has 0 aliphatic rings. The number of fused-ring (bicyclic) bond motifs is 1. The fraction of sp³-hybridized carbons (Fsp3) is 0.125. The number of hydrogen-bond acceptors (Lipinski definition) is 5. The maximum Gasteiger partial charge on any atom is 0.179 e. The largest absolute Gasteiger partial charge is 0.293 e. The van der Waals surface area contributed by atoms with Gasteiger partial charge in [0.05, 0.1) is 22.5 Å². The normalized spacial score (nSPS) is 12.5. The van der Waals surface area contributed by atoms with Crippen molar-refractivity contribution in [2.75, 3.05) is 0 Å². The second kappa shape index (κ2) is 5.92. The van der Waals surface area contributed by atoms with Crippen LogP contribution in [0, 0.1) is 11.3 Å². The quantitative estimate of drug-likeness (QED) is 0.695. The fourth-order valence-electron chi connectivity index (χ4n) is 2.05. The van der Waals surface area contributed by atoms with Crippen LogP contribution in [0.15, 0.2) is 42.7 Å². The lowest BCUT2D eigenvalue weighted by Crippen LogP contribution is -2.07. The van der Waals surface area contributed by atoms with E-state index in [0.717, 1.165) is 15.8 Å². The summed E-state index contributed by atoms with van der Waals surface area (Å²) in [5.74, 6) is -1.14. The monoisotopic (exact) mass is 308 g/mol. The summed E-state index contributed by atoms with van der Waals surface area (Å²) in [4.78, 5) is 16.7. The van der Waals surface area contributed by atoms with Gasteiger partial charge in [-0.15, -0.1) is 11.3 Å². The molecule has 0 saturated heterocycles. The van der Waals surface area contributed by atoms with Gasteiger partial charge in [-0.3, -0.25) is 9.48 Å². The van der Waals surface area contributed by atoms with Gasteiger partial charge in [0.1, 0.15) is 5.01 Å². The Labute approximate surface area is 131 Å². The summed E-state index contributed by atoms with van der Waals surface area (Å²) < 4.78 is 2.63. The Morgan fingerprint density at radius 3 is 2.95 bits per heavy atom. The predicted octanol–water partition coefficient (Wildman–Crippen LogP) is 2.92. The Kier molecular flexibility index (Phi) is 3.81. The van der Waals surface area contributed by atoms with Gasteiger partial charge < -0.3 is 0 Å². The minimum absolute atomic E-state index is 0.273. The Morgan fingerprint density at radius 1 is 1.45 bits per heavy atom. The summed E-state index contributed by atoms with van der Waals surface area (Å²) in [5.41, 5.74) is 1.63. The van der Waals surface area contributed by atoms with Gasteiger partial charge in [0, 0.05) is 18.8 Å². The van der Waals surface area contributed by atoms with E-state index in [2.05, 4.69) is 10.1 Å². The minimum Gasteiger partial charge on any atom is -0.293 e. The standard InChI is InChI=1S/C16H12N4OS/c1-20-10-11(9-18-20)6-7-14(21)12(8-17)16-19-13-4-2-3-5-15(13)22-16/h2-7,9-10,12H,1H3/b7-6-/t12-/m1/s1. The lowest BCUT2D eigenvalue weighted by Gasteiger charge is -1.99. The van der Waals surface area contributed by atoms with Gasteiger partial charge >= 0.3 is 0 Å². The molecule has 0 N–H and O–H groups in total. The van der Waals surface area contributed by atoms with Gasteiger partial charge in [-0.1, -0.05) is 12.1 Å². The van der Waals surface area contributed by atoms with Crippen molar-refractivity contribution in [1.29, 1.82) is 5.26 Å². The van der Waals surface area contributed by atoms with Crippen molar-refractivity contribution in [3.63, 3.8) is 0 Å². The number of allylic oxidation sites excluding steroid dienone is 1. The second-order valence-electron chi connectivity index (χ2n) is 4.76. The first kappa shape index (κ1) is 14.2. The number of aromatic nitrogens is 3. The van der Waals surface area contributed by atoms with Crippen molar-refractivity contribution in [3.8, 4) is 6.07 Å². The van der Waals surface area contributed by atoms with Gasteiger partial charge in [-0.05, 0) is 24.3 Å². The first-order chi connectivity index (χ1) is 10.7. The van der Waals surface area contributed by atoms with Crippen LogP contribution in [0.25, 0.3) is 16.3 Å². The van der Waals surface area contributed by atoms with E-state index in [9.17, 15) is 10.1 Å². The number of aryl methyl sites for hydroxylation is 1.